The monoisotopic (exact) mass is 313 g/mol. The number of phenolic OH excluding ortho intramolecular Hbond substituents is 2. The van der Waals surface area contributed by atoms with Crippen LogP contribution in [-0.4, -0.2) is 35.2 Å². The molecule has 1 aliphatic heterocycles. The van der Waals surface area contributed by atoms with E-state index in [0.717, 1.165) is 23.7 Å². The van der Waals surface area contributed by atoms with Crippen molar-refractivity contribution in [2.45, 2.75) is 6.42 Å². The van der Waals surface area contributed by atoms with E-state index in [1.54, 1.807) is 4.90 Å². The van der Waals surface area contributed by atoms with Gasteiger partial charge in [0.15, 0.2) is 6.61 Å². The maximum Gasteiger partial charge on any atom is 0.342 e. The van der Waals surface area contributed by atoms with Crippen molar-refractivity contribution in [1.82, 2.24) is 0 Å². The number of para-hydroxylation sites is 1. The average Bonchev–Trinajstić information content (AvgIpc) is 2.96. The Morgan fingerprint density at radius 3 is 2.70 bits per heavy atom. The van der Waals surface area contributed by atoms with Crippen molar-refractivity contribution in [1.29, 1.82) is 0 Å². The van der Waals surface area contributed by atoms with Crippen LogP contribution in [0.1, 0.15) is 15.9 Å². The molecule has 0 saturated heterocycles. The van der Waals surface area contributed by atoms with Crippen LogP contribution in [-0.2, 0) is 16.0 Å². The SMILES string of the molecule is O=C(OCC(=O)N1CCc2ccccc21)c1ccc(O)cc1O. The molecule has 1 amide bonds. The molecule has 1 heterocycles. The second-order valence-corrected chi connectivity index (χ2v) is 5.20. The first-order valence-corrected chi connectivity index (χ1v) is 7.13. The predicted octanol–water partition coefficient (Wildman–Crippen LogP) is 1.84. The standard InChI is InChI=1S/C17H15NO5/c19-12-5-6-13(15(20)9-12)17(22)23-10-16(21)18-8-7-11-3-1-2-4-14(11)18/h1-6,9,19-20H,7-8,10H2. The molecule has 0 aliphatic carbocycles. The molecular weight excluding hydrogens is 298 g/mol. The second kappa shape index (κ2) is 6.00. The van der Waals surface area contributed by atoms with E-state index >= 15 is 0 Å². The van der Waals surface area contributed by atoms with Gasteiger partial charge in [0.05, 0.1) is 0 Å². The number of fused-ring (bicyclic) bond motifs is 1. The lowest BCUT2D eigenvalue weighted by atomic mass is 10.2. The Hall–Kier alpha value is -3.02. The van der Waals surface area contributed by atoms with Crippen LogP contribution in [0.15, 0.2) is 42.5 Å². The number of benzene rings is 2. The molecule has 3 rings (SSSR count). The Kier molecular flexibility index (Phi) is 3.89. The highest BCUT2D eigenvalue weighted by Gasteiger charge is 2.25. The third kappa shape index (κ3) is 2.96. The highest BCUT2D eigenvalue weighted by molar-refractivity contribution is 5.99. The molecule has 2 aromatic carbocycles. The quantitative estimate of drug-likeness (QED) is 0.844. The zero-order valence-corrected chi connectivity index (χ0v) is 12.2. The van der Waals surface area contributed by atoms with Crippen molar-refractivity contribution in [2.24, 2.45) is 0 Å². The minimum absolute atomic E-state index is 0.0996. The third-order valence-corrected chi connectivity index (χ3v) is 3.72. The van der Waals surface area contributed by atoms with Gasteiger partial charge in [-0.25, -0.2) is 4.79 Å². The summed E-state index contributed by atoms with van der Waals surface area (Å²) in [7, 11) is 0. The van der Waals surface area contributed by atoms with Crippen LogP contribution in [0, 0.1) is 0 Å². The van der Waals surface area contributed by atoms with Crippen molar-refractivity contribution in [3.05, 3.63) is 53.6 Å². The molecule has 0 aromatic heterocycles. The van der Waals surface area contributed by atoms with Gasteiger partial charge in [0, 0.05) is 18.3 Å². The molecule has 0 atom stereocenters. The van der Waals surface area contributed by atoms with E-state index in [0.29, 0.717) is 6.54 Å². The molecule has 0 spiro atoms. The number of carbonyl (C=O) groups is 2. The summed E-state index contributed by atoms with van der Waals surface area (Å²) in [6, 6.07) is 11.1. The van der Waals surface area contributed by atoms with Crippen LogP contribution < -0.4 is 4.90 Å². The molecule has 0 unspecified atom stereocenters. The van der Waals surface area contributed by atoms with Gasteiger partial charge >= 0.3 is 5.97 Å². The zero-order valence-electron chi connectivity index (χ0n) is 12.2. The summed E-state index contributed by atoms with van der Waals surface area (Å²) < 4.78 is 4.97. The first kappa shape index (κ1) is 14.9. The maximum atomic E-state index is 12.2. The number of ether oxygens (including phenoxy) is 1. The topological polar surface area (TPSA) is 87.1 Å². The number of carbonyl (C=O) groups excluding carboxylic acids is 2. The molecule has 2 N–H and O–H groups in total. The van der Waals surface area contributed by atoms with Gasteiger partial charge in [0.25, 0.3) is 5.91 Å². The summed E-state index contributed by atoms with van der Waals surface area (Å²) in [6.07, 6.45) is 0.772. The molecule has 0 fully saturated rings. The van der Waals surface area contributed by atoms with Gasteiger partial charge < -0.3 is 19.8 Å². The number of hydrogen-bond donors (Lipinski definition) is 2. The van der Waals surface area contributed by atoms with E-state index in [9.17, 15) is 19.8 Å². The van der Waals surface area contributed by atoms with Gasteiger partial charge in [-0.15, -0.1) is 0 Å². The second-order valence-electron chi connectivity index (χ2n) is 5.20. The van der Waals surface area contributed by atoms with Crippen molar-refractivity contribution in [2.75, 3.05) is 18.1 Å². The van der Waals surface area contributed by atoms with Gasteiger partial charge in [0.1, 0.15) is 17.1 Å². The molecule has 23 heavy (non-hydrogen) atoms. The van der Waals surface area contributed by atoms with Crippen LogP contribution in [0.25, 0.3) is 0 Å². The Bertz CT molecular complexity index is 771. The molecule has 0 bridgehead atoms. The van der Waals surface area contributed by atoms with Gasteiger partial charge in [-0.3, -0.25) is 4.79 Å². The molecule has 0 saturated carbocycles. The maximum absolute atomic E-state index is 12.2. The van der Waals surface area contributed by atoms with Crippen LogP contribution >= 0.6 is 0 Å². The Morgan fingerprint density at radius 2 is 1.91 bits per heavy atom. The number of amides is 1. The van der Waals surface area contributed by atoms with E-state index in [2.05, 4.69) is 0 Å². The third-order valence-electron chi connectivity index (χ3n) is 3.72. The van der Waals surface area contributed by atoms with E-state index in [4.69, 9.17) is 4.74 Å². The summed E-state index contributed by atoms with van der Waals surface area (Å²) in [5.41, 5.74) is 1.82. The number of rotatable bonds is 3. The predicted molar refractivity (Wildman–Crippen MR) is 82.6 cm³/mol. The van der Waals surface area contributed by atoms with E-state index in [-0.39, 0.29) is 17.2 Å². The molecule has 1 aliphatic rings. The summed E-state index contributed by atoms with van der Waals surface area (Å²) in [5.74, 6) is -1.69. The number of aromatic hydroxyl groups is 2. The highest BCUT2D eigenvalue weighted by Crippen LogP contribution is 2.27. The van der Waals surface area contributed by atoms with Crippen molar-refractivity contribution in [3.8, 4) is 11.5 Å². The summed E-state index contributed by atoms with van der Waals surface area (Å²) in [4.78, 5) is 25.7. The molecular formula is C17H15NO5. The van der Waals surface area contributed by atoms with Gasteiger partial charge in [-0.2, -0.15) is 0 Å². The lowest BCUT2D eigenvalue weighted by Crippen LogP contribution is -2.33. The van der Waals surface area contributed by atoms with Crippen LogP contribution in [0.3, 0.4) is 0 Å². The zero-order chi connectivity index (χ0) is 16.4. The largest absolute Gasteiger partial charge is 0.508 e. The van der Waals surface area contributed by atoms with Crippen LogP contribution in [0.2, 0.25) is 0 Å². The Morgan fingerprint density at radius 1 is 1.13 bits per heavy atom. The number of phenols is 2. The van der Waals surface area contributed by atoms with E-state index in [1.807, 2.05) is 24.3 Å². The number of anilines is 1. The molecule has 0 radical (unpaired) electrons. The van der Waals surface area contributed by atoms with E-state index in [1.165, 1.54) is 12.1 Å². The molecule has 6 heteroatoms. The van der Waals surface area contributed by atoms with Gasteiger partial charge in [0.2, 0.25) is 0 Å². The first-order valence-electron chi connectivity index (χ1n) is 7.13. The fourth-order valence-electron chi connectivity index (χ4n) is 2.57. The van der Waals surface area contributed by atoms with Crippen LogP contribution in [0.5, 0.6) is 11.5 Å². The lowest BCUT2D eigenvalue weighted by molar-refractivity contribution is -0.121. The summed E-state index contributed by atoms with van der Waals surface area (Å²) in [6.45, 7) is 0.147. The fraction of sp³-hybridized carbons (Fsp3) is 0.176. The van der Waals surface area contributed by atoms with Crippen molar-refractivity contribution < 1.29 is 24.5 Å². The lowest BCUT2D eigenvalue weighted by Gasteiger charge is -2.17. The highest BCUT2D eigenvalue weighted by atomic mass is 16.5. The number of hydrogen-bond acceptors (Lipinski definition) is 5. The normalized spacial score (nSPS) is 12.8. The fourth-order valence-corrected chi connectivity index (χ4v) is 2.57. The minimum atomic E-state index is -0.816. The van der Waals surface area contributed by atoms with Crippen molar-refractivity contribution >= 4 is 17.6 Å². The van der Waals surface area contributed by atoms with Crippen LogP contribution in [0.4, 0.5) is 5.69 Å². The van der Waals surface area contributed by atoms with E-state index < -0.39 is 18.3 Å². The van der Waals surface area contributed by atoms with Gasteiger partial charge in [-0.05, 0) is 30.2 Å². The van der Waals surface area contributed by atoms with Crippen molar-refractivity contribution in [3.63, 3.8) is 0 Å². The Balaban J connectivity index is 1.65. The number of nitrogens with zero attached hydrogens (tertiary/aromatic N) is 1. The minimum Gasteiger partial charge on any atom is -0.508 e. The summed E-state index contributed by atoms with van der Waals surface area (Å²) >= 11 is 0. The molecule has 2 aromatic rings. The molecule has 6 nitrogen and oxygen atoms in total. The average molecular weight is 313 g/mol. The van der Waals surface area contributed by atoms with Gasteiger partial charge in [-0.1, -0.05) is 18.2 Å². The smallest absolute Gasteiger partial charge is 0.342 e. The summed E-state index contributed by atoms with van der Waals surface area (Å²) in [5, 5.41) is 18.8. The first-order chi connectivity index (χ1) is 11.1. The molecule has 118 valence electrons. The Labute approximate surface area is 132 Å². The number of esters is 1.